The second-order valence-electron chi connectivity index (χ2n) is 7.28. The van der Waals surface area contributed by atoms with Gasteiger partial charge in [0.15, 0.2) is 0 Å². The van der Waals surface area contributed by atoms with Gasteiger partial charge in [-0.3, -0.25) is 19.8 Å². The molecule has 3 aromatic heterocycles. The summed E-state index contributed by atoms with van der Waals surface area (Å²) in [6.45, 7) is 2.69. The number of pyridine rings is 1. The number of fused-ring (bicyclic) bond motifs is 1. The second-order valence-corrected chi connectivity index (χ2v) is 9.37. The number of aromatic amines is 1. The summed E-state index contributed by atoms with van der Waals surface area (Å²) in [7, 11) is 0. The summed E-state index contributed by atoms with van der Waals surface area (Å²) in [5.74, 6) is 1.03. The van der Waals surface area contributed by atoms with E-state index >= 15 is 0 Å². The molecule has 1 amide bonds. The van der Waals surface area contributed by atoms with Crippen LogP contribution in [0, 0.1) is 0 Å². The van der Waals surface area contributed by atoms with E-state index in [2.05, 4.69) is 42.2 Å². The van der Waals surface area contributed by atoms with Gasteiger partial charge in [-0.15, -0.1) is 11.8 Å². The van der Waals surface area contributed by atoms with Crippen LogP contribution in [-0.2, 0) is 11.3 Å². The van der Waals surface area contributed by atoms with E-state index in [1.165, 1.54) is 5.56 Å². The molecule has 0 aliphatic carbocycles. The first-order valence-corrected chi connectivity index (χ1v) is 11.8. The molecule has 0 saturated carbocycles. The van der Waals surface area contributed by atoms with Crippen LogP contribution in [-0.4, -0.2) is 50.1 Å². The zero-order chi connectivity index (χ0) is 20.3. The Labute approximate surface area is 182 Å². The number of carbonyl (C=O) groups is 1. The van der Waals surface area contributed by atoms with Gasteiger partial charge in [-0.25, -0.2) is 0 Å². The minimum Gasteiger partial charge on any atom is -0.325 e. The van der Waals surface area contributed by atoms with Crippen molar-refractivity contribution in [2.24, 2.45) is 0 Å². The molecule has 1 aliphatic heterocycles. The van der Waals surface area contributed by atoms with Gasteiger partial charge in [0.2, 0.25) is 5.91 Å². The Morgan fingerprint density at radius 3 is 2.97 bits per heavy atom. The molecule has 5 rings (SSSR count). The number of aromatic nitrogens is 3. The minimum absolute atomic E-state index is 0.0586. The standard InChI is InChI=1S/C22H21N5OS2/c28-22(20-13-27(8-10-30-20)12-15-5-9-29-14-15)24-17-1-2-19-18(11-17)21(26-25-19)16-3-6-23-7-4-16/h1-7,9,11,14,20H,8,10,12-13H2,(H,24,28)(H,25,26). The van der Waals surface area contributed by atoms with Gasteiger partial charge in [-0.1, -0.05) is 0 Å². The Morgan fingerprint density at radius 1 is 1.23 bits per heavy atom. The fourth-order valence-electron chi connectivity index (χ4n) is 3.69. The first-order chi connectivity index (χ1) is 14.8. The number of thioether (sulfide) groups is 1. The highest BCUT2D eigenvalue weighted by atomic mass is 32.2. The van der Waals surface area contributed by atoms with Crippen LogP contribution in [0.2, 0.25) is 0 Å². The summed E-state index contributed by atoms with van der Waals surface area (Å²) in [6, 6.07) is 11.9. The van der Waals surface area contributed by atoms with Crippen molar-refractivity contribution in [1.29, 1.82) is 0 Å². The van der Waals surface area contributed by atoms with Crippen LogP contribution >= 0.6 is 23.1 Å². The van der Waals surface area contributed by atoms with Crippen molar-refractivity contribution in [2.75, 3.05) is 24.2 Å². The quantitative estimate of drug-likeness (QED) is 0.490. The lowest BCUT2D eigenvalue weighted by Crippen LogP contribution is -2.42. The molecule has 1 saturated heterocycles. The Bertz CT molecular complexity index is 1140. The molecule has 1 atom stereocenters. The molecule has 4 heterocycles. The second kappa shape index (κ2) is 8.59. The maximum Gasteiger partial charge on any atom is 0.238 e. The SMILES string of the molecule is O=C(Nc1ccc2[nH]nc(-c3ccncc3)c2c1)C1CN(Cc2ccsc2)CCS1. The van der Waals surface area contributed by atoms with E-state index < -0.39 is 0 Å². The molecule has 1 aromatic carbocycles. The highest BCUT2D eigenvalue weighted by Crippen LogP contribution is 2.29. The molecule has 0 radical (unpaired) electrons. The van der Waals surface area contributed by atoms with Crippen LogP contribution in [0.15, 0.2) is 59.6 Å². The fourth-order valence-corrected chi connectivity index (χ4v) is 5.52. The Hall–Kier alpha value is -2.68. The lowest BCUT2D eigenvalue weighted by Gasteiger charge is -2.31. The molecule has 4 aromatic rings. The van der Waals surface area contributed by atoms with E-state index in [4.69, 9.17) is 0 Å². The molecule has 2 N–H and O–H groups in total. The molecule has 6 nitrogen and oxygen atoms in total. The van der Waals surface area contributed by atoms with E-state index in [0.717, 1.165) is 53.2 Å². The largest absolute Gasteiger partial charge is 0.325 e. The van der Waals surface area contributed by atoms with E-state index in [0.29, 0.717) is 0 Å². The van der Waals surface area contributed by atoms with Crippen molar-refractivity contribution >= 4 is 45.6 Å². The van der Waals surface area contributed by atoms with Crippen molar-refractivity contribution in [3.8, 4) is 11.3 Å². The summed E-state index contributed by atoms with van der Waals surface area (Å²) < 4.78 is 0. The summed E-state index contributed by atoms with van der Waals surface area (Å²) in [4.78, 5) is 19.4. The number of benzene rings is 1. The summed E-state index contributed by atoms with van der Waals surface area (Å²) in [6.07, 6.45) is 3.51. The van der Waals surface area contributed by atoms with Crippen LogP contribution in [0.3, 0.4) is 0 Å². The van der Waals surface area contributed by atoms with Crippen molar-refractivity contribution in [2.45, 2.75) is 11.8 Å². The zero-order valence-electron chi connectivity index (χ0n) is 16.2. The van der Waals surface area contributed by atoms with Crippen LogP contribution in [0.5, 0.6) is 0 Å². The Morgan fingerprint density at radius 2 is 2.13 bits per heavy atom. The molecule has 1 aliphatic rings. The molecule has 152 valence electrons. The summed E-state index contributed by atoms with van der Waals surface area (Å²) in [5, 5.41) is 15.8. The lowest BCUT2D eigenvalue weighted by atomic mass is 10.1. The van der Waals surface area contributed by atoms with Gasteiger partial charge in [0.05, 0.1) is 10.8 Å². The van der Waals surface area contributed by atoms with E-state index in [9.17, 15) is 4.79 Å². The number of hydrogen-bond acceptors (Lipinski definition) is 6. The highest BCUT2D eigenvalue weighted by molar-refractivity contribution is 8.00. The molecule has 30 heavy (non-hydrogen) atoms. The number of amides is 1. The maximum absolute atomic E-state index is 13.0. The first kappa shape index (κ1) is 19.3. The number of nitrogens with one attached hydrogen (secondary N) is 2. The number of nitrogens with zero attached hydrogens (tertiary/aromatic N) is 3. The Balaban J connectivity index is 1.30. The maximum atomic E-state index is 13.0. The van der Waals surface area contributed by atoms with Crippen molar-refractivity contribution in [1.82, 2.24) is 20.1 Å². The topological polar surface area (TPSA) is 73.9 Å². The van der Waals surface area contributed by atoms with Crippen LogP contribution in [0.4, 0.5) is 5.69 Å². The third-order valence-electron chi connectivity index (χ3n) is 5.21. The number of thiophene rings is 1. The van der Waals surface area contributed by atoms with Gasteiger partial charge < -0.3 is 5.32 Å². The van der Waals surface area contributed by atoms with Gasteiger partial charge in [0.1, 0.15) is 5.69 Å². The molecular formula is C22H21N5OS2. The smallest absolute Gasteiger partial charge is 0.238 e. The van der Waals surface area contributed by atoms with Gasteiger partial charge in [0, 0.05) is 54.4 Å². The van der Waals surface area contributed by atoms with Crippen molar-refractivity contribution in [3.05, 3.63) is 65.1 Å². The molecule has 1 fully saturated rings. The summed E-state index contributed by atoms with van der Waals surface area (Å²) in [5.41, 5.74) is 4.90. The number of H-pyrrole nitrogens is 1. The highest BCUT2D eigenvalue weighted by Gasteiger charge is 2.26. The molecule has 0 spiro atoms. The van der Waals surface area contributed by atoms with Gasteiger partial charge in [-0.05, 0) is 52.7 Å². The van der Waals surface area contributed by atoms with Gasteiger partial charge in [0.25, 0.3) is 0 Å². The summed E-state index contributed by atoms with van der Waals surface area (Å²) >= 11 is 3.45. The van der Waals surface area contributed by atoms with Gasteiger partial charge in [-0.2, -0.15) is 16.4 Å². The number of hydrogen-bond donors (Lipinski definition) is 2. The predicted octanol–water partition coefficient (Wildman–Crippen LogP) is 4.24. The Kier molecular flexibility index (Phi) is 5.52. The molecule has 8 heteroatoms. The lowest BCUT2D eigenvalue weighted by molar-refractivity contribution is -0.116. The number of rotatable bonds is 5. The molecular weight excluding hydrogens is 414 g/mol. The zero-order valence-corrected chi connectivity index (χ0v) is 17.9. The molecule has 1 unspecified atom stereocenters. The average molecular weight is 436 g/mol. The number of carbonyl (C=O) groups excluding carboxylic acids is 1. The third-order valence-corrected chi connectivity index (χ3v) is 7.13. The monoisotopic (exact) mass is 435 g/mol. The van der Waals surface area contributed by atoms with E-state index in [1.54, 1.807) is 35.5 Å². The fraction of sp³-hybridized carbons (Fsp3) is 0.227. The third kappa shape index (κ3) is 4.12. The van der Waals surface area contributed by atoms with Crippen molar-refractivity contribution in [3.63, 3.8) is 0 Å². The normalized spacial score (nSPS) is 17.3. The van der Waals surface area contributed by atoms with Crippen LogP contribution in [0.1, 0.15) is 5.56 Å². The first-order valence-electron chi connectivity index (χ1n) is 9.81. The van der Waals surface area contributed by atoms with Crippen molar-refractivity contribution < 1.29 is 4.79 Å². The van der Waals surface area contributed by atoms with E-state index in [-0.39, 0.29) is 11.2 Å². The average Bonchev–Trinajstić information content (AvgIpc) is 3.44. The van der Waals surface area contributed by atoms with Crippen LogP contribution in [0.25, 0.3) is 22.2 Å². The van der Waals surface area contributed by atoms with Crippen LogP contribution < -0.4 is 5.32 Å². The predicted molar refractivity (Wildman–Crippen MR) is 124 cm³/mol. The minimum atomic E-state index is -0.0721. The number of anilines is 1. The van der Waals surface area contributed by atoms with E-state index in [1.807, 2.05) is 30.3 Å². The molecule has 0 bridgehead atoms. The van der Waals surface area contributed by atoms with Gasteiger partial charge >= 0.3 is 0 Å².